The van der Waals surface area contributed by atoms with Crippen molar-refractivity contribution < 1.29 is 18.4 Å². The van der Waals surface area contributed by atoms with Crippen molar-refractivity contribution in [2.75, 3.05) is 6.61 Å². The van der Waals surface area contributed by atoms with E-state index in [1.54, 1.807) is 0 Å². The minimum atomic E-state index is -2.61. The van der Waals surface area contributed by atoms with Gasteiger partial charge < -0.3 is 13.6 Å². The van der Waals surface area contributed by atoms with E-state index in [0.29, 0.717) is 18.9 Å². The molecule has 4 atom stereocenters. The Kier molecular flexibility index (Phi) is 13.3. The summed E-state index contributed by atoms with van der Waals surface area (Å²) < 4.78 is 20.6. The van der Waals surface area contributed by atoms with Gasteiger partial charge in [0.25, 0.3) is 8.32 Å². The quantitative estimate of drug-likeness (QED) is 0.109. The lowest BCUT2D eigenvalue weighted by Crippen LogP contribution is -2.66. The number of Topliss-reactive ketones (excluding diaryl/α,β-unsaturated/α-hetero) is 1. The molecule has 0 bridgehead atoms. The number of carbonyl (C=O) groups excluding carboxylic acids is 1. The lowest BCUT2D eigenvalue weighted by Gasteiger charge is -2.44. The molecule has 1 aliphatic rings. The summed E-state index contributed by atoms with van der Waals surface area (Å²) in [6.45, 7) is 25.2. The highest BCUT2D eigenvalue weighted by Crippen LogP contribution is 2.39. The molecule has 0 aromatic heterocycles. The molecule has 254 valence electrons. The number of hydrogen-bond donors (Lipinski definition) is 0. The van der Waals surface area contributed by atoms with Crippen LogP contribution in [-0.2, 0) is 18.4 Å². The van der Waals surface area contributed by atoms with Gasteiger partial charge in [-0.3, -0.25) is 4.79 Å². The molecule has 0 amide bonds. The monoisotopic (exact) mass is 662 g/mol. The van der Waals surface area contributed by atoms with Gasteiger partial charge in [0.05, 0.1) is 5.60 Å². The van der Waals surface area contributed by atoms with Crippen molar-refractivity contribution >= 4 is 32.8 Å². The molecule has 0 radical (unpaired) electrons. The van der Waals surface area contributed by atoms with Crippen molar-refractivity contribution in [2.24, 2.45) is 11.8 Å². The van der Waals surface area contributed by atoms with E-state index in [9.17, 15) is 4.79 Å². The maximum absolute atomic E-state index is 13.4. The summed E-state index contributed by atoms with van der Waals surface area (Å²) in [5, 5.41) is 2.51. The summed E-state index contributed by atoms with van der Waals surface area (Å²) in [6.07, 6.45) is 2.69. The number of benzene rings is 2. The van der Waals surface area contributed by atoms with E-state index in [-0.39, 0.29) is 22.3 Å². The third kappa shape index (κ3) is 9.32. The molecule has 1 unspecified atom stereocenters. The Bertz CT molecular complexity index is 1260. The van der Waals surface area contributed by atoms with Gasteiger partial charge in [-0.15, -0.1) is 0 Å². The number of ketones is 1. The molecule has 0 aliphatic carbocycles. The van der Waals surface area contributed by atoms with Gasteiger partial charge in [0.2, 0.25) is 5.78 Å². The first-order valence-electron chi connectivity index (χ1n) is 17.8. The summed E-state index contributed by atoms with van der Waals surface area (Å²) in [5.41, 5.74) is -1.00. The molecule has 3 rings (SSSR count). The molecule has 1 heterocycles. The molecular formula is C40H62O4Si2. The van der Waals surface area contributed by atoms with Gasteiger partial charge in [-0.25, -0.2) is 0 Å². The second kappa shape index (κ2) is 15.9. The number of ether oxygens (including phenoxy) is 1. The third-order valence-corrected chi connectivity index (χ3v) is 19.8. The fraction of sp³-hybridized carbons (Fsp3) is 0.625. The van der Waals surface area contributed by atoms with E-state index in [0.717, 1.165) is 37.4 Å². The molecule has 6 heteroatoms. The van der Waals surface area contributed by atoms with E-state index in [4.69, 9.17) is 13.6 Å². The van der Waals surface area contributed by atoms with Crippen LogP contribution in [0.1, 0.15) is 102 Å². The Morgan fingerprint density at radius 3 is 1.91 bits per heavy atom. The summed E-state index contributed by atoms with van der Waals surface area (Å²) in [4.78, 5) is 13.4. The highest BCUT2D eigenvalue weighted by atomic mass is 28.4. The zero-order valence-corrected chi connectivity index (χ0v) is 32.8. The lowest BCUT2D eigenvalue weighted by atomic mass is 9.91. The van der Waals surface area contributed by atoms with Crippen LogP contribution in [0.3, 0.4) is 0 Å². The largest absolute Gasteiger partial charge is 0.407 e. The van der Waals surface area contributed by atoms with Gasteiger partial charge >= 0.3 is 0 Å². The Morgan fingerprint density at radius 2 is 1.46 bits per heavy atom. The van der Waals surface area contributed by atoms with E-state index >= 15 is 0 Å². The minimum absolute atomic E-state index is 0.0688. The smallest absolute Gasteiger partial charge is 0.261 e. The Labute approximate surface area is 283 Å². The van der Waals surface area contributed by atoms with Crippen LogP contribution in [0.25, 0.3) is 0 Å². The van der Waals surface area contributed by atoms with E-state index < -0.39 is 28.3 Å². The zero-order valence-electron chi connectivity index (χ0n) is 30.8. The van der Waals surface area contributed by atoms with Crippen molar-refractivity contribution in [3.8, 4) is 11.8 Å². The Balaban J connectivity index is 1.74. The van der Waals surface area contributed by atoms with Gasteiger partial charge in [0, 0.05) is 6.61 Å². The maximum Gasteiger partial charge on any atom is 0.261 e. The van der Waals surface area contributed by atoms with Crippen LogP contribution in [0, 0.1) is 23.7 Å². The molecule has 1 aliphatic heterocycles. The molecule has 46 heavy (non-hydrogen) atoms. The first kappa shape index (κ1) is 38.4. The summed E-state index contributed by atoms with van der Waals surface area (Å²) >= 11 is 0. The van der Waals surface area contributed by atoms with E-state index in [1.807, 2.05) is 0 Å². The molecule has 0 spiro atoms. The summed E-state index contributed by atoms with van der Waals surface area (Å²) in [6, 6.07) is 24.8. The Hall–Kier alpha value is -2.02. The average molecular weight is 663 g/mol. The van der Waals surface area contributed by atoms with Gasteiger partial charge in [-0.1, -0.05) is 129 Å². The predicted molar refractivity (Wildman–Crippen MR) is 199 cm³/mol. The molecule has 1 saturated heterocycles. The van der Waals surface area contributed by atoms with E-state index in [2.05, 4.69) is 149 Å². The van der Waals surface area contributed by atoms with Crippen molar-refractivity contribution in [2.45, 2.75) is 142 Å². The maximum atomic E-state index is 13.4. The predicted octanol–water partition coefficient (Wildman–Crippen LogP) is 8.93. The number of rotatable bonds is 15. The first-order chi connectivity index (χ1) is 21.6. The van der Waals surface area contributed by atoms with Crippen LogP contribution in [-0.4, -0.2) is 46.3 Å². The average Bonchev–Trinajstić information content (AvgIpc) is 3.40. The van der Waals surface area contributed by atoms with Crippen LogP contribution in [0.15, 0.2) is 60.7 Å². The van der Waals surface area contributed by atoms with Crippen molar-refractivity contribution in [1.29, 1.82) is 0 Å². The van der Waals surface area contributed by atoms with Gasteiger partial charge in [-0.2, -0.15) is 0 Å². The first-order valence-corrected chi connectivity index (χ1v) is 22.2. The van der Waals surface area contributed by atoms with Crippen LogP contribution in [0.4, 0.5) is 0 Å². The molecule has 0 N–H and O–H groups in total. The molecule has 0 saturated carbocycles. The second-order valence-electron chi connectivity index (χ2n) is 15.7. The highest BCUT2D eigenvalue weighted by Gasteiger charge is 2.50. The molecule has 4 nitrogen and oxygen atoms in total. The third-order valence-electron chi connectivity index (χ3n) is 10.1. The number of hydrogen-bond acceptors (Lipinski definition) is 4. The molecule has 2 aromatic carbocycles. The van der Waals surface area contributed by atoms with Crippen molar-refractivity contribution in [1.82, 2.24) is 0 Å². The minimum Gasteiger partial charge on any atom is -0.407 e. The second-order valence-corrected chi connectivity index (χ2v) is 24.7. The van der Waals surface area contributed by atoms with Gasteiger partial charge in [-0.05, 0) is 90.8 Å². The van der Waals surface area contributed by atoms with Crippen LogP contribution in [0.5, 0.6) is 0 Å². The highest BCUT2D eigenvalue weighted by molar-refractivity contribution is 6.99. The van der Waals surface area contributed by atoms with Gasteiger partial charge in [0.1, 0.15) is 11.7 Å². The van der Waals surface area contributed by atoms with E-state index in [1.165, 1.54) is 10.4 Å². The van der Waals surface area contributed by atoms with Gasteiger partial charge in [0.15, 0.2) is 8.32 Å². The van der Waals surface area contributed by atoms with Crippen LogP contribution in [0.2, 0.25) is 23.2 Å². The van der Waals surface area contributed by atoms with Crippen LogP contribution >= 0.6 is 0 Å². The fourth-order valence-corrected chi connectivity index (χ4v) is 15.4. The standard InChI is InChI=1S/C40H62O4Si2/c1-12-45(13-2,14-3)44-40(11,29-32(4)5)27-25-36(41)37-26-28-39(10,43-37)30-33(6)31-42-46(38(7,8)9,34-21-17-15-18-22-34)35-23-19-16-20-24-35/h15-24,32-33,37H,12-14,26,28-31H2,1-11H3/t33-,37-,39-,40?/m1/s1. The zero-order chi connectivity index (χ0) is 34.2. The molecule has 1 fully saturated rings. The molecular weight excluding hydrogens is 601 g/mol. The summed E-state index contributed by atoms with van der Waals surface area (Å²) in [7, 11) is -4.51. The number of carbonyl (C=O) groups is 1. The Morgan fingerprint density at radius 1 is 0.935 bits per heavy atom. The van der Waals surface area contributed by atoms with Crippen molar-refractivity contribution in [3.63, 3.8) is 0 Å². The normalized spacial score (nSPS) is 21.0. The lowest BCUT2D eigenvalue weighted by molar-refractivity contribution is -0.129. The molecule has 2 aromatic rings. The van der Waals surface area contributed by atoms with Crippen LogP contribution < -0.4 is 10.4 Å². The fourth-order valence-electron chi connectivity index (χ4n) is 7.67. The summed E-state index contributed by atoms with van der Waals surface area (Å²) in [5.74, 6) is 6.91. The SMILES string of the molecule is CC[Si](CC)(CC)OC(C)(C#CC(=O)[C@H]1CC[C@](C)(C[C@@H](C)CO[Si](c2ccccc2)(c2ccccc2)C(C)(C)C)O1)CC(C)C. The van der Waals surface area contributed by atoms with Crippen molar-refractivity contribution in [3.05, 3.63) is 60.7 Å². The topological polar surface area (TPSA) is 44.8 Å².